The van der Waals surface area contributed by atoms with Crippen LogP contribution in [0.5, 0.6) is 5.75 Å². The fraction of sp³-hybridized carbons (Fsp3) is 0.261. The molecule has 0 saturated carbocycles. The molecule has 29 heavy (non-hydrogen) atoms. The molecule has 2 aromatic carbocycles. The summed E-state index contributed by atoms with van der Waals surface area (Å²) in [4.78, 5) is 17.2. The predicted octanol–water partition coefficient (Wildman–Crippen LogP) is 3.90. The van der Waals surface area contributed by atoms with Crippen molar-refractivity contribution in [3.8, 4) is 11.4 Å². The van der Waals surface area contributed by atoms with Crippen molar-refractivity contribution in [1.29, 1.82) is 0 Å². The van der Waals surface area contributed by atoms with Crippen LogP contribution in [0.3, 0.4) is 0 Å². The van der Waals surface area contributed by atoms with Crippen molar-refractivity contribution in [1.82, 2.24) is 9.47 Å². The van der Waals surface area contributed by atoms with Crippen molar-refractivity contribution >= 4 is 11.6 Å². The standard InChI is InChI=1S/C23H24FN3O2/c1-16-14-22(17(2)27(16)19-8-6-18(24)7-9-19)23(29)26-12-10-25(11-13-26)20-4-3-5-21(28)15-20/h3-9,14-15,28H,10-13H2,1-2H3. The van der Waals surface area contributed by atoms with Crippen LogP contribution in [0, 0.1) is 19.7 Å². The number of hydrogen-bond acceptors (Lipinski definition) is 3. The summed E-state index contributed by atoms with van der Waals surface area (Å²) in [5, 5.41) is 9.69. The van der Waals surface area contributed by atoms with Gasteiger partial charge in [0.05, 0.1) is 5.56 Å². The number of nitrogens with zero attached hydrogens (tertiary/aromatic N) is 3. The number of benzene rings is 2. The van der Waals surface area contributed by atoms with Crippen LogP contribution in [0.1, 0.15) is 21.7 Å². The molecule has 0 spiro atoms. The molecule has 0 atom stereocenters. The molecule has 1 fully saturated rings. The van der Waals surface area contributed by atoms with Crippen LogP contribution in [0.25, 0.3) is 5.69 Å². The number of amides is 1. The van der Waals surface area contributed by atoms with Crippen molar-refractivity contribution in [2.45, 2.75) is 13.8 Å². The Kier molecular flexibility index (Phi) is 5.01. The normalized spacial score (nSPS) is 14.3. The van der Waals surface area contributed by atoms with Gasteiger partial charge in [-0.1, -0.05) is 6.07 Å². The highest BCUT2D eigenvalue weighted by Gasteiger charge is 2.25. The van der Waals surface area contributed by atoms with Crippen molar-refractivity contribution in [2.75, 3.05) is 31.1 Å². The van der Waals surface area contributed by atoms with Crippen LogP contribution in [0.4, 0.5) is 10.1 Å². The van der Waals surface area contributed by atoms with Crippen LogP contribution in [0.15, 0.2) is 54.6 Å². The molecule has 6 heteroatoms. The number of piperazine rings is 1. The van der Waals surface area contributed by atoms with Gasteiger partial charge in [-0.05, 0) is 56.3 Å². The molecule has 4 rings (SSSR count). The molecular formula is C23H24FN3O2. The van der Waals surface area contributed by atoms with E-state index in [-0.39, 0.29) is 17.5 Å². The zero-order chi connectivity index (χ0) is 20.5. The molecule has 1 aliphatic rings. The van der Waals surface area contributed by atoms with E-state index >= 15 is 0 Å². The van der Waals surface area contributed by atoms with E-state index in [0.717, 1.165) is 22.8 Å². The molecule has 5 nitrogen and oxygen atoms in total. The minimum absolute atomic E-state index is 0.0158. The van der Waals surface area contributed by atoms with Gasteiger partial charge in [0, 0.05) is 55.0 Å². The molecule has 0 radical (unpaired) electrons. The average molecular weight is 393 g/mol. The second-order valence-corrected chi connectivity index (χ2v) is 7.40. The minimum atomic E-state index is -0.280. The number of carbonyl (C=O) groups excluding carboxylic acids is 1. The Balaban J connectivity index is 1.51. The lowest BCUT2D eigenvalue weighted by molar-refractivity contribution is 0.0746. The van der Waals surface area contributed by atoms with Crippen LogP contribution in [-0.4, -0.2) is 46.7 Å². The molecule has 1 aliphatic heterocycles. The summed E-state index contributed by atoms with van der Waals surface area (Å²) in [6, 6.07) is 15.4. The first-order valence-electron chi connectivity index (χ1n) is 9.72. The van der Waals surface area contributed by atoms with Gasteiger partial charge in [0.15, 0.2) is 0 Å². The molecule has 3 aromatic rings. The zero-order valence-electron chi connectivity index (χ0n) is 16.6. The van der Waals surface area contributed by atoms with Gasteiger partial charge in [-0.25, -0.2) is 4.39 Å². The molecule has 0 unspecified atom stereocenters. The SMILES string of the molecule is Cc1cc(C(=O)N2CCN(c3cccc(O)c3)CC2)c(C)n1-c1ccc(F)cc1. The number of aromatic nitrogens is 1. The second kappa shape index (κ2) is 7.62. The number of halogens is 1. The predicted molar refractivity (Wildman–Crippen MR) is 111 cm³/mol. The number of aryl methyl sites for hydroxylation is 1. The number of rotatable bonds is 3. The maximum atomic E-state index is 13.3. The van der Waals surface area contributed by atoms with Crippen molar-refractivity contribution in [2.24, 2.45) is 0 Å². The largest absolute Gasteiger partial charge is 0.508 e. The highest BCUT2D eigenvalue weighted by Crippen LogP contribution is 2.25. The van der Waals surface area contributed by atoms with Gasteiger partial charge in [0.1, 0.15) is 11.6 Å². The Morgan fingerprint density at radius 2 is 1.62 bits per heavy atom. The van der Waals surface area contributed by atoms with Crippen LogP contribution in [0.2, 0.25) is 0 Å². The maximum absolute atomic E-state index is 13.3. The van der Waals surface area contributed by atoms with Crippen LogP contribution >= 0.6 is 0 Å². The fourth-order valence-electron chi connectivity index (χ4n) is 3.99. The van der Waals surface area contributed by atoms with Crippen LogP contribution in [-0.2, 0) is 0 Å². The van der Waals surface area contributed by atoms with Crippen molar-refractivity contribution in [3.05, 3.63) is 77.4 Å². The maximum Gasteiger partial charge on any atom is 0.255 e. The lowest BCUT2D eigenvalue weighted by Crippen LogP contribution is -2.48. The van der Waals surface area contributed by atoms with Crippen LogP contribution < -0.4 is 4.90 Å². The first-order valence-corrected chi connectivity index (χ1v) is 9.72. The average Bonchev–Trinajstić information content (AvgIpc) is 3.02. The molecule has 0 bridgehead atoms. The van der Waals surface area contributed by atoms with Gasteiger partial charge in [-0.15, -0.1) is 0 Å². The van der Waals surface area contributed by atoms with Crippen molar-refractivity contribution in [3.63, 3.8) is 0 Å². The number of phenols is 1. The van der Waals surface area contributed by atoms with E-state index in [1.165, 1.54) is 12.1 Å². The molecule has 2 heterocycles. The second-order valence-electron chi connectivity index (χ2n) is 7.40. The van der Waals surface area contributed by atoms with E-state index in [4.69, 9.17) is 0 Å². The first kappa shape index (κ1) is 19.1. The third kappa shape index (κ3) is 3.70. The smallest absolute Gasteiger partial charge is 0.255 e. The third-order valence-corrected chi connectivity index (χ3v) is 5.51. The highest BCUT2D eigenvalue weighted by atomic mass is 19.1. The molecule has 1 aromatic heterocycles. The van der Waals surface area contributed by atoms with E-state index in [2.05, 4.69) is 4.90 Å². The molecule has 1 amide bonds. The molecule has 1 N–H and O–H groups in total. The van der Waals surface area contributed by atoms with E-state index in [1.54, 1.807) is 24.3 Å². The summed E-state index contributed by atoms with van der Waals surface area (Å²) < 4.78 is 15.3. The summed E-state index contributed by atoms with van der Waals surface area (Å²) in [6.07, 6.45) is 0. The van der Waals surface area contributed by atoms with Crippen molar-refractivity contribution < 1.29 is 14.3 Å². The van der Waals surface area contributed by atoms with Gasteiger partial charge >= 0.3 is 0 Å². The Bertz CT molecular complexity index is 1030. The number of phenolic OH excluding ortho intramolecular Hbond substituents is 1. The number of carbonyl (C=O) groups is 1. The minimum Gasteiger partial charge on any atom is -0.508 e. The van der Waals surface area contributed by atoms with Gasteiger partial charge in [0.25, 0.3) is 5.91 Å². The Morgan fingerprint density at radius 3 is 2.28 bits per heavy atom. The molecular weight excluding hydrogens is 369 g/mol. The lowest BCUT2D eigenvalue weighted by Gasteiger charge is -2.36. The van der Waals surface area contributed by atoms with E-state index in [0.29, 0.717) is 31.7 Å². The number of aromatic hydroxyl groups is 1. The Labute approximate surface area is 169 Å². The van der Waals surface area contributed by atoms with E-state index in [1.807, 2.05) is 41.5 Å². The summed E-state index contributed by atoms with van der Waals surface area (Å²) in [7, 11) is 0. The monoisotopic (exact) mass is 393 g/mol. The molecule has 150 valence electrons. The summed E-state index contributed by atoms with van der Waals surface area (Å²) in [5.41, 5.74) is 4.28. The van der Waals surface area contributed by atoms with Gasteiger partial charge < -0.3 is 19.5 Å². The zero-order valence-corrected chi connectivity index (χ0v) is 16.6. The third-order valence-electron chi connectivity index (χ3n) is 5.51. The Morgan fingerprint density at radius 1 is 0.931 bits per heavy atom. The summed E-state index contributed by atoms with van der Waals surface area (Å²) in [5.74, 6) is -0.0200. The van der Waals surface area contributed by atoms with Gasteiger partial charge in [-0.2, -0.15) is 0 Å². The Hall–Kier alpha value is -3.28. The summed E-state index contributed by atoms with van der Waals surface area (Å²) >= 11 is 0. The topological polar surface area (TPSA) is 48.7 Å². The fourth-order valence-corrected chi connectivity index (χ4v) is 3.99. The molecule has 1 saturated heterocycles. The number of hydrogen-bond donors (Lipinski definition) is 1. The first-order chi connectivity index (χ1) is 13.9. The molecule has 0 aliphatic carbocycles. The van der Waals surface area contributed by atoms with E-state index in [9.17, 15) is 14.3 Å². The van der Waals surface area contributed by atoms with Gasteiger partial charge in [-0.3, -0.25) is 4.79 Å². The highest BCUT2D eigenvalue weighted by molar-refractivity contribution is 5.96. The number of anilines is 1. The lowest BCUT2D eigenvalue weighted by atomic mass is 10.2. The van der Waals surface area contributed by atoms with Gasteiger partial charge in [0.2, 0.25) is 0 Å². The van der Waals surface area contributed by atoms with E-state index < -0.39 is 0 Å². The quantitative estimate of drug-likeness (QED) is 0.734. The summed E-state index contributed by atoms with van der Waals surface area (Å²) in [6.45, 7) is 6.54.